The number of aliphatic imine (C=N–C) groups is 1. The number of aromatic nitrogens is 1. The van der Waals surface area contributed by atoms with Gasteiger partial charge in [0.15, 0.2) is 5.17 Å². The fraction of sp³-hybridized carbons (Fsp3) is 0.333. The van der Waals surface area contributed by atoms with Crippen LogP contribution in [0, 0.1) is 12.3 Å². The van der Waals surface area contributed by atoms with Crippen molar-refractivity contribution in [3.8, 4) is 12.3 Å². The number of para-hydroxylation sites is 1. The fourth-order valence-corrected chi connectivity index (χ4v) is 4.24. The summed E-state index contributed by atoms with van der Waals surface area (Å²) in [5, 5.41) is 1.87. The molecule has 134 valence electrons. The molecule has 0 N–H and O–H groups in total. The molecule has 2 aromatic rings. The van der Waals surface area contributed by atoms with Crippen LogP contribution in [0.4, 0.5) is 0 Å². The SMILES string of the molecule is C#CCn1cc(/C=C2/SC(=NC(C)C)N(C(C)C)C2=O)c2ccccc21. The molecule has 0 aliphatic carbocycles. The van der Waals surface area contributed by atoms with Crippen LogP contribution in [0.15, 0.2) is 40.4 Å². The van der Waals surface area contributed by atoms with E-state index in [9.17, 15) is 4.79 Å². The van der Waals surface area contributed by atoms with Gasteiger partial charge in [-0.15, -0.1) is 6.42 Å². The molecule has 5 heteroatoms. The number of thioether (sulfide) groups is 1. The lowest BCUT2D eigenvalue weighted by Crippen LogP contribution is -2.35. The van der Waals surface area contributed by atoms with Crippen molar-refractivity contribution in [1.29, 1.82) is 0 Å². The van der Waals surface area contributed by atoms with Crippen molar-refractivity contribution >= 4 is 39.8 Å². The summed E-state index contributed by atoms with van der Waals surface area (Å²) < 4.78 is 2.04. The van der Waals surface area contributed by atoms with Crippen molar-refractivity contribution in [2.75, 3.05) is 0 Å². The lowest BCUT2D eigenvalue weighted by Gasteiger charge is -2.20. The summed E-state index contributed by atoms with van der Waals surface area (Å²) in [6, 6.07) is 8.31. The maximum absolute atomic E-state index is 12.9. The van der Waals surface area contributed by atoms with Gasteiger partial charge in [-0.05, 0) is 51.6 Å². The molecule has 0 unspecified atom stereocenters. The van der Waals surface area contributed by atoms with Gasteiger partial charge in [-0.2, -0.15) is 0 Å². The zero-order chi connectivity index (χ0) is 18.8. The van der Waals surface area contributed by atoms with Gasteiger partial charge in [0.25, 0.3) is 5.91 Å². The van der Waals surface area contributed by atoms with Crippen molar-refractivity contribution in [2.45, 2.75) is 46.3 Å². The molecule has 4 nitrogen and oxygen atoms in total. The van der Waals surface area contributed by atoms with Crippen molar-refractivity contribution in [1.82, 2.24) is 9.47 Å². The van der Waals surface area contributed by atoms with E-state index in [2.05, 4.69) is 17.0 Å². The van der Waals surface area contributed by atoms with Crippen LogP contribution in [0.5, 0.6) is 0 Å². The minimum Gasteiger partial charge on any atom is -0.335 e. The van der Waals surface area contributed by atoms with Gasteiger partial charge < -0.3 is 4.57 Å². The van der Waals surface area contributed by atoms with E-state index in [0.29, 0.717) is 11.4 Å². The number of amidine groups is 1. The van der Waals surface area contributed by atoms with E-state index in [1.54, 1.807) is 4.90 Å². The van der Waals surface area contributed by atoms with Crippen molar-refractivity contribution in [3.05, 3.63) is 40.9 Å². The van der Waals surface area contributed by atoms with Crippen molar-refractivity contribution < 1.29 is 4.79 Å². The summed E-state index contributed by atoms with van der Waals surface area (Å²) in [4.78, 5) is 20.0. The molecule has 3 rings (SSSR count). The summed E-state index contributed by atoms with van der Waals surface area (Å²) in [7, 11) is 0. The van der Waals surface area contributed by atoms with Crippen LogP contribution in [-0.2, 0) is 11.3 Å². The first-order valence-corrected chi connectivity index (χ1v) is 9.56. The van der Waals surface area contributed by atoms with Gasteiger partial charge in [0, 0.05) is 34.7 Å². The number of nitrogens with zero attached hydrogens (tertiary/aromatic N) is 3. The molecule has 2 heterocycles. The van der Waals surface area contributed by atoms with Crippen LogP contribution >= 0.6 is 11.8 Å². The topological polar surface area (TPSA) is 37.6 Å². The fourth-order valence-electron chi connectivity index (χ4n) is 3.01. The second-order valence-corrected chi connectivity index (χ2v) is 7.83. The first-order valence-electron chi connectivity index (χ1n) is 8.74. The van der Waals surface area contributed by atoms with E-state index in [4.69, 9.17) is 6.42 Å². The minimum absolute atomic E-state index is 0.0122. The maximum Gasteiger partial charge on any atom is 0.266 e. The molecule has 0 saturated carbocycles. The van der Waals surface area contributed by atoms with Crippen LogP contribution in [0.2, 0.25) is 0 Å². The third kappa shape index (κ3) is 3.42. The van der Waals surface area contributed by atoms with Crippen molar-refractivity contribution in [2.24, 2.45) is 4.99 Å². The molecular weight excluding hydrogens is 342 g/mol. The van der Waals surface area contributed by atoms with E-state index in [1.165, 1.54) is 11.8 Å². The number of amides is 1. The molecule has 1 fully saturated rings. The van der Waals surface area contributed by atoms with Gasteiger partial charge in [-0.3, -0.25) is 14.7 Å². The molecule has 0 radical (unpaired) electrons. The van der Waals surface area contributed by atoms with Crippen LogP contribution in [0.1, 0.15) is 33.3 Å². The Labute approximate surface area is 159 Å². The maximum atomic E-state index is 12.9. The molecule has 0 spiro atoms. The van der Waals surface area contributed by atoms with E-state index in [1.807, 2.05) is 62.7 Å². The van der Waals surface area contributed by atoms with E-state index in [-0.39, 0.29) is 18.0 Å². The molecule has 1 aliphatic rings. The van der Waals surface area contributed by atoms with Gasteiger partial charge in [0.2, 0.25) is 0 Å². The number of carbonyl (C=O) groups excluding carboxylic acids is 1. The molecule has 0 atom stereocenters. The van der Waals surface area contributed by atoms with E-state index < -0.39 is 0 Å². The highest BCUT2D eigenvalue weighted by atomic mass is 32.2. The normalized spacial score (nSPS) is 18.0. The van der Waals surface area contributed by atoms with Crippen molar-refractivity contribution in [3.63, 3.8) is 0 Å². The van der Waals surface area contributed by atoms with Crippen LogP contribution in [0.3, 0.4) is 0 Å². The first kappa shape index (κ1) is 18.3. The van der Waals surface area contributed by atoms with Gasteiger partial charge in [-0.25, -0.2) is 0 Å². The Morgan fingerprint density at radius 2 is 2.00 bits per heavy atom. The predicted molar refractivity (Wildman–Crippen MR) is 111 cm³/mol. The second kappa shape index (κ2) is 7.43. The molecule has 26 heavy (non-hydrogen) atoms. The number of fused-ring (bicyclic) bond motifs is 1. The standard InChI is InChI=1S/C21H23N3OS/c1-6-11-23-13-16(17-9-7-8-10-18(17)23)12-19-20(25)24(15(4)5)21(26-19)22-14(2)3/h1,7-10,12-15H,11H2,2-5H3/b19-12+,22-21?. The highest BCUT2D eigenvalue weighted by molar-refractivity contribution is 8.18. The van der Waals surface area contributed by atoms with Gasteiger partial charge in [0.1, 0.15) is 0 Å². The van der Waals surface area contributed by atoms with E-state index >= 15 is 0 Å². The Kier molecular flexibility index (Phi) is 5.24. The third-order valence-electron chi connectivity index (χ3n) is 4.09. The highest BCUT2D eigenvalue weighted by Crippen LogP contribution is 2.35. The Morgan fingerprint density at radius 3 is 2.65 bits per heavy atom. The average molecular weight is 366 g/mol. The number of rotatable bonds is 4. The molecule has 0 bridgehead atoms. The number of hydrogen-bond donors (Lipinski definition) is 0. The molecule has 1 aromatic carbocycles. The summed E-state index contributed by atoms with van der Waals surface area (Å²) in [6.07, 6.45) is 9.47. The van der Waals surface area contributed by atoms with Gasteiger partial charge >= 0.3 is 0 Å². The van der Waals surface area contributed by atoms with Gasteiger partial charge in [0.05, 0.1) is 11.4 Å². The van der Waals surface area contributed by atoms with Crippen LogP contribution < -0.4 is 0 Å². The summed E-state index contributed by atoms with van der Waals surface area (Å²) >= 11 is 1.45. The second-order valence-electron chi connectivity index (χ2n) is 6.82. The number of terminal acetylenes is 1. The molecule has 1 aliphatic heterocycles. The van der Waals surface area contributed by atoms with Crippen LogP contribution in [-0.4, -0.2) is 32.6 Å². The van der Waals surface area contributed by atoms with Crippen LogP contribution in [0.25, 0.3) is 17.0 Å². The quantitative estimate of drug-likeness (QED) is 0.596. The zero-order valence-corrected chi connectivity index (χ0v) is 16.4. The molecule has 1 saturated heterocycles. The molecular formula is C21H23N3OS. The number of hydrogen-bond acceptors (Lipinski definition) is 3. The summed E-state index contributed by atoms with van der Waals surface area (Å²) in [5.41, 5.74) is 2.07. The average Bonchev–Trinajstić information content (AvgIpc) is 3.06. The number of carbonyl (C=O) groups is 1. The Bertz CT molecular complexity index is 944. The predicted octanol–water partition coefficient (Wildman–Crippen LogP) is 4.36. The molecule has 1 amide bonds. The lowest BCUT2D eigenvalue weighted by molar-refractivity contribution is -0.123. The first-order chi connectivity index (χ1) is 12.4. The Morgan fingerprint density at radius 1 is 1.27 bits per heavy atom. The van der Waals surface area contributed by atoms with Gasteiger partial charge in [-0.1, -0.05) is 24.1 Å². The summed E-state index contributed by atoms with van der Waals surface area (Å²) in [5.74, 6) is 2.70. The lowest BCUT2D eigenvalue weighted by atomic mass is 10.1. The molecule has 1 aromatic heterocycles. The Hall–Kier alpha value is -2.45. The minimum atomic E-state index is 0.0122. The highest BCUT2D eigenvalue weighted by Gasteiger charge is 2.35. The Balaban J connectivity index is 2.07. The third-order valence-corrected chi connectivity index (χ3v) is 5.09. The monoisotopic (exact) mass is 365 g/mol. The largest absolute Gasteiger partial charge is 0.335 e. The summed E-state index contributed by atoms with van der Waals surface area (Å²) in [6.45, 7) is 8.56. The smallest absolute Gasteiger partial charge is 0.266 e. The zero-order valence-electron chi connectivity index (χ0n) is 15.6. The number of benzene rings is 1. The van der Waals surface area contributed by atoms with E-state index in [0.717, 1.165) is 21.6 Å².